The van der Waals surface area contributed by atoms with Gasteiger partial charge in [-0.25, -0.2) is 0 Å². The van der Waals surface area contributed by atoms with Crippen LogP contribution in [0.2, 0.25) is 0 Å². The summed E-state index contributed by atoms with van der Waals surface area (Å²) in [7, 11) is 0. The highest BCUT2D eigenvalue weighted by Crippen LogP contribution is 2.27. The summed E-state index contributed by atoms with van der Waals surface area (Å²) < 4.78 is 0. The van der Waals surface area contributed by atoms with Gasteiger partial charge < -0.3 is 10.2 Å². The molecular formula is C17H24O4. The van der Waals surface area contributed by atoms with Crippen LogP contribution in [0.5, 0.6) is 0 Å². The lowest BCUT2D eigenvalue weighted by Gasteiger charge is -2.20. The first kappa shape index (κ1) is 17.2. The highest BCUT2D eigenvalue weighted by Gasteiger charge is 2.31. The van der Waals surface area contributed by atoms with E-state index in [1.807, 2.05) is 37.3 Å². The Hall–Kier alpha value is -1.84. The van der Waals surface area contributed by atoms with Gasteiger partial charge >= 0.3 is 11.9 Å². The average Bonchev–Trinajstić information content (AvgIpc) is 3.32. The normalized spacial score (nSPS) is 16.9. The zero-order chi connectivity index (χ0) is 15.8. The van der Waals surface area contributed by atoms with Crippen LogP contribution in [0.3, 0.4) is 0 Å². The molecule has 21 heavy (non-hydrogen) atoms. The summed E-state index contributed by atoms with van der Waals surface area (Å²) in [6, 6.07) is 9.53. The molecule has 116 valence electrons. The van der Waals surface area contributed by atoms with Crippen LogP contribution < -0.4 is 0 Å². The maximum Gasteiger partial charge on any atom is 0.307 e. The van der Waals surface area contributed by atoms with E-state index in [2.05, 4.69) is 0 Å². The van der Waals surface area contributed by atoms with Crippen LogP contribution in [-0.2, 0) is 9.59 Å². The zero-order valence-electron chi connectivity index (χ0n) is 12.7. The van der Waals surface area contributed by atoms with E-state index in [1.165, 1.54) is 26.2 Å². The fourth-order valence-electron chi connectivity index (χ4n) is 1.99. The molecule has 0 bridgehead atoms. The van der Waals surface area contributed by atoms with Gasteiger partial charge in [0, 0.05) is 0 Å². The third kappa shape index (κ3) is 6.43. The van der Waals surface area contributed by atoms with E-state index in [-0.39, 0.29) is 5.92 Å². The summed E-state index contributed by atoms with van der Waals surface area (Å²) in [6.07, 6.45) is 4.83. The third-order valence-corrected chi connectivity index (χ3v) is 3.64. The molecule has 3 unspecified atom stereocenters. The monoisotopic (exact) mass is 292 g/mol. The van der Waals surface area contributed by atoms with Crippen molar-refractivity contribution in [1.29, 1.82) is 0 Å². The fraction of sp³-hybridized carbons (Fsp3) is 0.529. The van der Waals surface area contributed by atoms with Crippen molar-refractivity contribution >= 4 is 11.9 Å². The molecule has 1 fully saturated rings. The smallest absolute Gasteiger partial charge is 0.307 e. The van der Waals surface area contributed by atoms with Gasteiger partial charge in [-0.05, 0) is 17.9 Å². The van der Waals surface area contributed by atoms with Gasteiger partial charge in [0.1, 0.15) is 0 Å². The van der Waals surface area contributed by atoms with Gasteiger partial charge in [0.25, 0.3) is 0 Å². The van der Waals surface area contributed by atoms with Gasteiger partial charge in [-0.2, -0.15) is 0 Å². The number of rotatable bonds is 6. The van der Waals surface area contributed by atoms with Crippen molar-refractivity contribution in [3.63, 3.8) is 0 Å². The number of carboxylic acids is 2. The fourth-order valence-corrected chi connectivity index (χ4v) is 1.99. The topological polar surface area (TPSA) is 74.6 Å². The standard InChI is InChI=1S/C14H18O4.C3H6/c1-9(11-6-4-3-5-7-11)8-12(14(17)18)10(2)13(15)16;1-2-3-1/h3-7,9-10,12H,8H2,1-2H3,(H,15,16)(H,17,18);1-3H2. The Labute approximate surface area is 125 Å². The Morgan fingerprint density at radius 2 is 1.52 bits per heavy atom. The Balaban J connectivity index is 0.000000647. The summed E-state index contributed by atoms with van der Waals surface area (Å²) in [4.78, 5) is 22.0. The van der Waals surface area contributed by atoms with Crippen LogP contribution >= 0.6 is 0 Å². The molecule has 4 nitrogen and oxygen atoms in total. The quantitative estimate of drug-likeness (QED) is 0.837. The van der Waals surface area contributed by atoms with Crippen molar-refractivity contribution < 1.29 is 19.8 Å². The van der Waals surface area contributed by atoms with Crippen LogP contribution in [0.15, 0.2) is 30.3 Å². The molecular weight excluding hydrogens is 268 g/mol. The van der Waals surface area contributed by atoms with E-state index in [0.717, 1.165) is 5.56 Å². The van der Waals surface area contributed by atoms with Crippen molar-refractivity contribution in [2.45, 2.75) is 45.4 Å². The van der Waals surface area contributed by atoms with E-state index in [1.54, 1.807) is 0 Å². The average molecular weight is 292 g/mol. The van der Waals surface area contributed by atoms with Crippen molar-refractivity contribution in [2.24, 2.45) is 11.8 Å². The van der Waals surface area contributed by atoms with Crippen LogP contribution in [-0.4, -0.2) is 22.2 Å². The molecule has 0 amide bonds. The van der Waals surface area contributed by atoms with Crippen molar-refractivity contribution in [3.8, 4) is 0 Å². The largest absolute Gasteiger partial charge is 0.481 e. The van der Waals surface area contributed by atoms with E-state index in [9.17, 15) is 9.59 Å². The second-order valence-electron chi connectivity index (χ2n) is 5.68. The molecule has 2 N–H and O–H groups in total. The lowest BCUT2D eigenvalue weighted by Crippen LogP contribution is -2.28. The number of carbonyl (C=O) groups is 2. The molecule has 1 aromatic carbocycles. The van der Waals surface area contributed by atoms with Crippen molar-refractivity contribution in [2.75, 3.05) is 0 Å². The Morgan fingerprint density at radius 1 is 1.00 bits per heavy atom. The van der Waals surface area contributed by atoms with Crippen molar-refractivity contribution in [3.05, 3.63) is 35.9 Å². The number of benzene rings is 1. The minimum Gasteiger partial charge on any atom is -0.481 e. The zero-order valence-corrected chi connectivity index (χ0v) is 12.7. The molecule has 2 rings (SSSR count). The first-order valence-corrected chi connectivity index (χ1v) is 7.44. The van der Waals surface area contributed by atoms with Crippen LogP contribution in [0.25, 0.3) is 0 Å². The van der Waals surface area contributed by atoms with Crippen LogP contribution in [0.4, 0.5) is 0 Å². The van der Waals surface area contributed by atoms with E-state index < -0.39 is 23.8 Å². The Bertz CT molecular complexity index is 450. The van der Waals surface area contributed by atoms with Gasteiger partial charge in [-0.1, -0.05) is 63.4 Å². The first-order chi connectivity index (χ1) is 9.93. The molecule has 4 heteroatoms. The molecule has 0 heterocycles. The molecule has 0 saturated heterocycles. The summed E-state index contributed by atoms with van der Waals surface area (Å²) in [5.41, 5.74) is 1.03. The minimum absolute atomic E-state index is 0.0223. The van der Waals surface area contributed by atoms with Crippen molar-refractivity contribution in [1.82, 2.24) is 0 Å². The van der Waals surface area contributed by atoms with Gasteiger partial charge in [-0.3, -0.25) is 9.59 Å². The maximum atomic E-state index is 11.1. The van der Waals surface area contributed by atoms with E-state index in [0.29, 0.717) is 6.42 Å². The maximum absolute atomic E-state index is 11.1. The van der Waals surface area contributed by atoms with E-state index in [4.69, 9.17) is 10.2 Å². The second kappa shape index (κ2) is 8.45. The second-order valence-corrected chi connectivity index (χ2v) is 5.68. The van der Waals surface area contributed by atoms with Gasteiger partial charge in [0.05, 0.1) is 11.8 Å². The lowest BCUT2D eigenvalue weighted by molar-refractivity contribution is -0.153. The number of aliphatic carboxylic acids is 2. The predicted octanol–water partition coefficient (Wildman–Crippen LogP) is 3.77. The summed E-state index contributed by atoms with van der Waals surface area (Å²) in [5.74, 6) is -3.84. The molecule has 3 atom stereocenters. The molecule has 1 saturated carbocycles. The first-order valence-electron chi connectivity index (χ1n) is 7.44. The predicted molar refractivity (Wildman–Crippen MR) is 81.3 cm³/mol. The van der Waals surface area contributed by atoms with Gasteiger partial charge in [-0.15, -0.1) is 0 Å². The highest BCUT2D eigenvalue weighted by atomic mass is 16.4. The number of carboxylic acid groups (broad SMARTS) is 2. The number of hydrogen-bond donors (Lipinski definition) is 2. The Morgan fingerprint density at radius 3 is 1.90 bits per heavy atom. The molecule has 1 aromatic rings. The highest BCUT2D eigenvalue weighted by molar-refractivity contribution is 5.79. The molecule has 0 aromatic heterocycles. The molecule has 0 aliphatic heterocycles. The minimum atomic E-state index is -1.07. The lowest BCUT2D eigenvalue weighted by atomic mass is 9.83. The summed E-state index contributed by atoms with van der Waals surface area (Å²) >= 11 is 0. The van der Waals surface area contributed by atoms with E-state index >= 15 is 0 Å². The SMILES string of the molecule is C1CC1.CC(CC(C(=O)O)C(C)C(=O)O)c1ccccc1. The molecule has 0 spiro atoms. The van der Waals surface area contributed by atoms with Gasteiger partial charge in [0.15, 0.2) is 0 Å². The Kier molecular flexibility index (Phi) is 6.92. The third-order valence-electron chi connectivity index (χ3n) is 3.64. The molecule has 1 aliphatic rings. The van der Waals surface area contributed by atoms with Crippen LogP contribution in [0, 0.1) is 11.8 Å². The molecule has 0 radical (unpaired) electrons. The summed E-state index contributed by atoms with van der Waals surface area (Å²) in [5, 5.41) is 18.0. The van der Waals surface area contributed by atoms with Gasteiger partial charge in [0.2, 0.25) is 0 Å². The van der Waals surface area contributed by atoms with Crippen LogP contribution in [0.1, 0.15) is 51.0 Å². The number of hydrogen-bond acceptors (Lipinski definition) is 2. The molecule has 1 aliphatic carbocycles. The summed E-state index contributed by atoms with van der Waals surface area (Å²) in [6.45, 7) is 3.36.